The van der Waals surface area contributed by atoms with Crippen LogP contribution in [-0.2, 0) is 6.54 Å². The van der Waals surface area contributed by atoms with Crippen molar-refractivity contribution in [1.29, 1.82) is 0 Å². The summed E-state index contributed by atoms with van der Waals surface area (Å²) in [5, 5.41) is 12.6. The molecule has 102 valence electrons. The summed E-state index contributed by atoms with van der Waals surface area (Å²) in [5.41, 5.74) is 4.15. The van der Waals surface area contributed by atoms with Gasteiger partial charge in [-0.05, 0) is 30.7 Å². The van der Waals surface area contributed by atoms with Crippen molar-refractivity contribution in [2.45, 2.75) is 13.5 Å². The molecule has 0 bridgehead atoms. The third kappa shape index (κ3) is 2.26. The second-order valence-corrected chi connectivity index (χ2v) is 4.74. The van der Waals surface area contributed by atoms with Gasteiger partial charge in [0, 0.05) is 12.2 Å². The first kappa shape index (κ1) is 12.7. The van der Waals surface area contributed by atoms with Crippen molar-refractivity contribution in [3.8, 4) is 0 Å². The van der Waals surface area contributed by atoms with Crippen molar-refractivity contribution < 1.29 is 5.11 Å². The van der Waals surface area contributed by atoms with Crippen LogP contribution in [0, 0.1) is 6.92 Å². The van der Waals surface area contributed by atoms with Crippen LogP contribution in [0.25, 0.3) is 11.0 Å². The Morgan fingerprint density at radius 3 is 2.65 bits per heavy atom. The maximum atomic E-state index is 9.27. The topological polar surface area (TPSA) is 50.1 Å². The zero-order valence-electron chi connectivity index (χ0n) is 11.4. The number of anilines is 2. The number of nitrogens with one attached hydrogen (secondary N) is 1. The first-order valence-electron chi connectivity index (χ1n) is 6.68. The molecule has 1 heterocycles. The van der Waals surface area contributed by atoms with E-state index in [0.717, 1.165) is 28.2 Å². The predicted octanol–water partition coefficient (Wildman–Crippen LogP) is 3.08. The molecule has 0 aliphatic rings. The number of rotatable bonds is 4. The number of fused-ring (bicyclic) bond motifs is 1. The molecule has 4 nitrogen and oxygen atoms in total. The second-order valence-electron chi connectivity index (χ2n) is 4.74. The molecule has 0 saturated carbocycles. The van der Waals surface area contributed by atoms with Crippen molar-refractivity contribution >= 4 is 22.7 Å². The molecule has 0 unspecified atom stereocenters. The van der Waals surface area contributed by atoms with Gasteiger partial charge in [0.2, 0.25) is 5.95 Å². The Bertz CT molecular complexity index is 733. The number of aliphatic hydroxyl groups is 1. The first-order chi connectivity index (χ1) is 9.79. The molecule has 3 rings (SSSR count). The highest BCUT2D eigenvalue weighted by atomic mass is 16.3. The summed E-state index contributed by atoms with van der Waals surface area (Å²) < 4.78 is 2.00. The molecular formula is C16H17N3O. The summed E-state index contributed by atoms with van der Waals surface area (Å²) in [6, 6.07) is 16.0. The number of hydrogen-bond donors (Lipinski definition) is 2. The minimum atomic E-state index is 0.0861. The Kier molecular flexibility index (Phi) is 3.39. The fourth-order valence-electron chi connectivity index (χ4n) is 2.33. The lowest BCUT2D eigenvalue weighted by Gasteiger charge is -2.11. The van der Waals surface area contributed by atoms with E-state index in [2.05, 4.69) is 23.3 Å². The Labute approximate surface area is 117 Å². The van der Waals surface area contributed by atoms with E-state index in [-0.39, 0.29) is 6.61 Å². The van der Waals surface area contributed by atoms with Crippen molar-refractivity contribution in [2.75, 3.05) is 11.9 Å². The molecular weight excluding hydrogens is 250 g/mol. The van der Waals surface area contributed by atoms with Crippen LogP contribution in [-0.4, -0.2) is 21.3 Å². The van der Waals surface area contributed by atoms with Gasteiger partial charge in [0.05, 0.1) is 17.6 Å². The summed E-state index contributed by atoms with van der Waals surface area (Å²) in [6.07, 6.45) is 0. The monoisotopic (exact) mass is 267 g/mol. The van der Waals surface area contributed by atoms with Gasteiger partial charge in [-0.2, -0.15) is 0 Å². The first-order valence-corrected chi connectivity index (χ1v) is 6.68. The van der Waals surface area contributed by atoms with Gasteiger partial charge in [-0.1, -0.05) is 30.3 Å². The van der Waals surface area contributed by atoms with Crippen LogP contribution < -0.4 is 5.32 Å². The number of aromatic nitrogens is 2. The highest BCUT2D eigenvalue weighted by Gasteiger charge is 2.10. The summed E-state index contributed by atoms with van der Waals surface area (Å²) in [4.78, 5) is 4.61. The Balaban J connectivity index is 2.06. The van der Waals surface area contributed by atoms with Crippen LogP contribution in [0.2, 0.25) is 0 Å². The number of benzene rings is 2. The lowest BCUT2D eigenvalue weighted by molar-refractivity contribution is 0.278. The average Bonchev–Trinajstić information content (AvgIpc) is 2.80. The Hall–Kier alpha value is -2.33. The second kappa shape index (κ2) is 5.35. The minimum absolute atomic E-state index is 0.0861. The Morgan fingerprint density at radius 2 is 1.85 bits per heavy atom. The molecule has 0 atom stereocenters. The lowest BCUT2D eigenvalue weighted by atomic mass is 10.2. The van der Waals surface area contributed by atoms with Gasteiger partial charge in [0.15, 0.2) is 0 Å². The third-order valence-corrected chi connectivity index (χ3v) is 3.37. The highest BCUT2D eigenvalue weighted by Crippen LogP contribution is 2.24. The molecule has 1 aromatic heterocycles. The number of aryl methyl sites for hydroxylation is 1. The van der Waals surface area contributed by atoms with Crippen LogP contribution in [0.15, 0.2) is 48.5 Å². The van der Waals surface area contributed by atoms with Gasteiger partial charge in [0.25, 0.3) is 0 Å². The molecule has 0 saturated heterocycles. The van der Waals surface area contributed by atoms with E-state index >= 15 is 0 Å². The lowest BCUT2D eigenvalue weighted by Crippen LogP contribution is -2.07. The van der Waals surface area contributed by atoms with Crippen molar-refractivity contribution in [2.24, 2.45) is 0 Å². The molecule has 2 N–H and O–H groups in total. The zero-order valence-corrected chi connectivity index (χ0v) is 11.4. The maximum absolute atomic E-state index is 9.27. The molecule has 0 spiro atoms. The number of para-hydroxylation sites is 3. The zero-order chi connectivity index (χ0) is 13.9. The smallest absolute Gasteiger partial charge is 0.208 e. The van der Waals surface area contributed by atoms with Crippen molar-refractivity contribution in [3.05, 3.63) is 54.1 Å². The number of aliphatic hydroxyl groups excluding tert-OH is 1. The number of imidazole rings is 1. The highest BCUT2D eigenvalue weighted by molar-refractivity contribution is 5.79. The predicted molar refractivity (Wildman–Crippen MR) is 81.3 cm³/mol. The fourth-order valence-corrected chi connectivity index (χ4v) is 2.33. The molecule has 2 aromatic carbocycles. The van der Waals surface area contributed by atoms with Gasteiger partial charge >= 0.3 is 0 Å². The van der Waals surface area contributed by atoms with Crippen molar-refractivity contribution in [1.82, 2.24) is 9.55 Å². The third-order valence-electron chi connectivity index (χ3n) is 3.37. The quantitative estimate of drug-likeness (QED) is 0.763. The van der Waals surface area contributed by atoms with Crippen LogP contribution >= 0.6 is 0 Å². The van der Waals surface area contributed by atoms with E-state index in [4.69, 9.17) is 0 Å². The van der Waals surface area contributed by atoms with Crippen LogP contribution in [0.5, 0.6) is 0 Å². The largest absolute Gasteiger partial charge is 0.395 e. The molecule has 0 amide bonds. The normalized spacial score (nSPS) is 10.9. The van der Waals surface area contributed by atoms with Crippen LogP contribution in [0.1, 0.15) is 5.56 Å². The summed E-state index contributed by atoms with van der Waals surface area (Å²) >= 11 is 0. The molecule has 3 aromatic rings. The van der Waals surface area contributed by atoms with Gasteiger partial charge in [-0.15, -0.1) is 0 Å². The van der Waals surface area contributed by atoms with E-state index in [9.17, 15) is 5.11 Å². The number of hydrogen-bond acceptors (Lipinski definition) is 3. The summed E-state index contributed by atoms with van der Waals surface area (Å²) in [7, 11) is 0. The fraction of sp³-hybridized carbons (Fsp3) is 0.188. The van der Waals surface area contributed by atoms with E-state index < -0.39 is 0 Å². The van der Waals surface area contributed by atoms with E-state index in [1.807, 2.05) is 47.0 Å². The van der Waals surface area contributed by atoms with Gasteiger partial charge < -0.3 is 15.0 Å². The van der Waals surface area contributed by atoms with Crippen molar-refractivity contribution in [3.63, 3.8) is 0 Å². The average molecular weight is 267 g/mol. The maximum Gasteiger partial charge on any atom is 0.208 e. The number of nitrogens with zero attached hydrogens (tertiary/aromatic N) is 2. The molecule has 0 aliphatic carbocycles. The van der Waals surface area contributed by atoms with Crippen LogP contribution in [0.3, 0.4) is 0 Å². The molecule has 0 radical (unpaired) electrons. The van der Waals surface area contributed by atoms with Gasteiger partial charge in [0.1, 0.15) is 0 Å². The van der Waals surface area contributed by atoms with Gasteiger partial charge in [-0.25, -0.2) is 4.98 Å². The van der Waals surface area contributed by atoms with E-state index in [1.54, 1.807) is 0 Å². The standard InChI is InChI=1S/C16H17N3O/c1-12-6-2-3-7-13(12)17-16-18-14-8-4-5-9-15(14)19(16)10-11-20/h2-9,20H,10-11H2,1H3,(H,17,18). The summed E-state index contributed by atoms with van der Waals surface area (Å²) in [5.74, 6) is 0.759. The van der Waals surface area contributed by atoms with E-state index in [1.165, 1.54) is 0 Å². The Morgan fingerprint density at radius 1 is 1.10 bits per heavy atom. The van der Waals surface area contributed by atoms with Crippen LogP contribution in [0.4, 0.5) is 11.6 Å². The summed E-state index contributed by atoms with van der Waals surface area (Å²) in [6.45, 7) is 2.67. The minimum Gasteiger partial charge on any atom is -0.395 e. The SMILES string of the molecule is Cc1ccccc1Nc1nc2ccccc2n1CCO. The van der Waals surface area contributed by atoms with E-state index in [0.29, 0.717) is 6.54 Å². The molecule has 0 fully saturated rings. The molecule has 0 aliphatic heterocycles. The van der Waals surface area contributed by atoms with Gasteiger partial charge in [-0.3, -0.25) is 0 Å². The molecule has 20 heavy (non-hydrogen) atoms. The molecule has 4 heteroatoms.